The van der Waals surface area contributed by atoms with Crippen LogP contribution in [0.3, 0.4) is 0 Å². The molecule has 3 amide bonds. The number of ether oxygens (including phenoxy) is 1. The number of likely N-dealkylation sites (tertiary alicyclic amines) is 1. The average Bonchev–Trinajstić information content (AvgIpc) is 3.78. The van der Waals surface area contributed by atoms with Gasteiger partial charge in [-0.15, -0.1) is 5.10 Å². The molecule has 1 saturated heterocycles. The maximum atomic E-state index is 13.4. The minimum atomic E-state index is -0.814. The molecule has 0 spiro atoms. The molecular formula is C49H58N14O6. The van der Waals surface area contributed by atoms with E-state index in [1.807, 2.05) is 80.3 Å². The van der Waals surface area contributed by atoms with Crippen LogP contribution in [0, 0.1) is 13.8 Å². The molecule has 8 N–H and O–H groups in total. The van der Waals surface area contributed by atoms with E-state index >= 15 is 0 Å². The van der Waals surface area contributed by atoms with Crippen LogP contribution >= 0.6 is 0 Å². The molecule has 0 saturated carbocycles. The average molecular weight is 939 g/mol. The minimum absolute atomic E-state index is 0.0858. The molecule has 1 unspecified atom stereocenters. The van der Waals surface area contributed by atoms with Gasteiger partial charge in [0.15, 0.2) is 5.76 Å². The quantitative estimate of drug-likeness (QED) is 0.0341. The summed E-state index contributed by atoms with van der Waals surface area (Å²) in [6.45, 7) is 8.91. The molecule has 4 aromatic heterocycles. The summed E-state index contributed by atoms with van der Waals surface area (Å²) in [6.07, 6.45) is 9.20. The summed E-state index contributed by atoms with van der Waals surface area (Å²) < 4.78 is 6.70. The van der Waals surface area contributed by atoms with Crippen molar-refractivity contribution in [3.63, 3.8) is 0 Å². The van der Waals surface area contributed by atoms with Gasteiger partial charge < -0.3 is 42.2 Å². The summed E-state index contributed by atoms with van der Waals surface area (Å²) in [4.78, 5) is 74.7. The standard InChI is InChI=1S/C49H58N14O6/c1-5-11-41(69-4)43-58-49-60-48(59-47(50)63(49)61-43)53-22-10-17-42(64)52-24-23-51-26-32-18-20-38(54-27-32)44(65)56-36-14-8-12-34(30(36)2)35-13-9-15-37(31(35)3)57-45(66)39-21-19-33(28-55-39)29-62-25-7-6-16-40(62)46(67)68/h8-9,11-15,18-21,27-28,40,51H,5-7,10,16-17,22-26,29H2,1-4H3,(H,52,64)(H,56,65)(H,57,66)(H,67,68)(H3,50,53,58,59,60,61)/b41-11-. The Morgan fingerprint density at radius 2 is 1.51 bits per heavy atom. The number of carbonyl (C=O) groups is 4. The molecule has 1 fully saturated rings. The number of fused-ring (bicyclic) bond motifs is 1. The monoisotopic (exact) mass is 938 g/mol. The van der Waals surface area contributed by atoms with Gasteiger partial charge >= 0.3 is 5.97 Å². The van der Waals surface area contributed by atoms with E-state index in [1.165, 1.54) is 4.52 Å². The SMILES string of the molecule is CC/C=C(\OC)c1nc2nc(NCCCC(=O)NCCNCc3ccc(C(=O)Nc4cccc(-c5cccc(NC(=O)c6ccc(CN7CCCCC7C(=O)O)cn6)c5C)c4C)nc3)nc(N)n2n1. The largest absolute Gasteiger partial charge is 0.493 e. The first-order valence-corrected chi connectivity index (χ1v) is 23.0. The number of nitrogen functional groups attached to an aromatic ring is 1. The van der Waals surface area contributed by atoms with Gasteiger partial charge in [0, 0.05) is 62.9 Å². The van der Waals surface area contributed by atoms with Crippen molar-refractivity contribution < 1.29 is 29.0 Å². The van der Waals surface area contributed by atoms with Crippen molar-refractivity contribution in [2.24, 2.45) is 0 Å². The van der Waals surface area contributed by atoms with Crippen LogP contribution in [-0.2, 0) is 27.4 Å². The summed E-state index contributed by atoms with van der Waals surface area (Å²) in [7, 11) is 1.55. The third-order valence-corrected chi connectivity index (χ3v) is 11.7. The Kier molecular flexibility index (Phi) is 16.5. The fourth-order valence-corrected chi connectivity index (χ4v) is 8.01. The molecule has 0 radical (unpaired) electrons. The summed E-state index contributed by atoms with van der Waals surface area (Å²) >= 11 is 0. The first-order valence-electron chi connectivity index (χ1n) is 23.0. The number of amides is 3. The number of allylic oxidation sites excluding steroid dienone is 1. The maximum absolute atomic E-state index is 13.4. The van der Waals surface area contributed by atoms with Crippen molar-refractivity contribution in [2.45, 2.75) is 78.4 Å². The van der Waals surface area contributed by atoms with E-state index in [0.717, 1.165) is 52.6 Å². The number of hydrogen-bond donors (Lipinski definition) is 7. The highest BCUT2D eigenvalue weighted by molar-refractivity contribution is 6.05. The van der Waals surface area contributed by atoms with Crippen LogP contribution in [0.4, 0.5) is 23.3 Å². The molecule has 1 aliphatic rings. The Balaban J connectivity index is 0.834. The summed E-state index contributed by atoms with van der Waals surface area (Å²) in [5.41, 5.74) is 13.0. The second-order valence-electron chi connectivity index (χ2n) is 16.6. The van der Waals surface area contributed by atoms with E-state index in [9.17, 15) is 24.3 Å². The fraction of sp³-hybridized carbons (Fsp3) is 0.347. The Morgan fingerprint density at radius 3 is 2.12 bits per heavy atom. The molecule has 2 aromatic carbocycles. The van der Waals surface area contributed by atoms with Crippen LogP contribution in [0.5, 0.6) is 0 Å². The predicted molar refractivity (Wildman–Crippen MR) is 262 cm³/mol. The molecule has 0 bridgehead atoms. The third kappa shape index (κ3) is 12.6. The lowest BCUT2D eigenvalue weighted by atomic mass is 9.94. The summed E-state index contributed by atoms with van der Waals surface area (Å²) in [5, 5.41) is 29.2. The molecule has 360 valence electrons. The Labute approximate surface area is 399 Å². The number of anilines is 4. The van der Waals surface area contributed by atoms with Gasteiger partial charge in [-0.3, -0.25) is 34.0 Å². The number of methoxy groups -OCH3 is 1. The van der Waals surface area contributed by atoms with Crippen molar-refractivity contribution in [3.8, 4) is 11.1 Å². The van der Waals surface area contributed by atoms with Crippen molar-refractivity contribution in [3.05, 3.63) is 119 Å². The van der Waals surface area contributed by atoms with E-state index in [4.69, 9.17) is 10.5 Å². The maximum Gasteiger partial charge on any atom is 0.320 e. The molecule has 7 rings (SSSR count). The van der Waals surface area contributed by atoms with E-state index in [1.54, 1.807) is 31.6 Å². The first kappa shape index (κ1) is 49.1. The van der Waals surface area contributed by atoms with Crippen molar-refractivity contribution in [1.82, 2.24) is 50.1 Å². The number of nitrogens with two attached hydrogens (primary N) is 1. The zero-order valence-electron chi connectivity index (χ0n) is 39.2. The van der Waals surface area contributed by atoms with Gasteiger partial charge in [-0.25, -0.2) is 0 Å². The van der Waals surface area contributed by atoms with Gasteiger partial charge in [-0.05, 0) is 110 Å². The van der Waals surface area contributed by atoms with Gasteiger partial charge in [0.2, 0.25) is 23.6 Å². The lowest BCUT2D eigenvalue weighted by molar-refractivity contribution is -0.144. The number of rotatable bonds is 21. The van der Waals surface area contributed by atoms with E-state index in [0.29, 0.717) is 81.5 Å². The molecule has 20 heteroatoms. The fourth-order valence-electron chi connectivity index (χ4n) is 8.01. The number of pyridine rings is 2. The van der Waals surface area contributed by atoms with Gasteiger partial charge in [0.25, 0.3) is 17.6 Å². The van der Waals surface area contributed by atoms with Crippen LogP contribution < -0.4 is 32.3 Å². The lowest BCUT2D eigenvalue weighted by Gasteiger charge is -2.32. The topological polar surface area (TPSA) is 269 Å². The number of aromatic nitrogens is 7. The van der Waals surface area contributed by atoms with Crippen molar-refractivity contribution in [1.29, 1.82) is 0 Å². The molecule has 5 heterocycles. The smallest absolute Gasteiger partial charge is 0.320 e. The number of nitrogens with one attached hydrogen (secondary N) is 5. The predicted octanol–water partition coefficient (Wildman–Crippen LogP) is 5.61. The molecule has 69 heavy (non-hydrogen) atoms. The minimum Gasteiger partial charge on any atom is -0.493 e. The van der Waals surface area contributed by atoms with Crippen molar-refractivity contribution >= 4 is 58.5 Å². The summed E-state index contributed by atoms with van der Waals surface area (Å²) in [6, 6.07) is 17.8. The number of nitrogens with zero attached hydrogens (tertiary/aromatic N) is 8. The zero-order chi connectivity index (χ0) is 48.9. The molecule has 20 nitrogen and oxygen atoms in total. The van der Waals surface area contributed by atoms with Gasteiger partial charge in [0.1, 0.15) is 17.4 Å². The van der Waals surface area contributed by atoms with Crippen LogP contribution in [0.25, 0.3) is 22.7 Å². The van der Waals surface area contributed by atoms with Crippen molar-refractivity contribution in [2.75, 3.05) is 55.0 Å². The number of aliphatic carboxylic acids is 1. The molecule has 1 aliphatic heterocycles. The highest BCUT2D eigenvalue weighted by Gasteiger charge is 2.28. The molecule has 6 aromatic rings. The van der Waals surface area contributed by atoms with Crippen LogP contribution in [0.2, 0.25) is 0 Å². The molecular weight excluding hydrogens is 881 g/mol. The number of benzene rings is 2. The van der Waals surface area contributed by atoms with E-state index in [-0.39, 0.29) is 46.8 Å². The van der Waals surface area contributed by atoms with Gasteiger partial charge in [-0.2, -0.15) is 19.5 Å². The number of carbonyl (C=O) groups excluding carboxylic acids is 3. The highest BCUT2D eigenvalue weighted by atomic mass is 16.5. The van der Waals surface area contributed by atoms with Crippen LogP contribution in [-0.4, -0.2) is 108 Å². The molecule has 1 atom stereocenters. The third-order valence-electron chi connectivity index (χ3n) is 11.7. The second-order valence-corrected chi connectivity index (χ2v) is 16.6. The zero-order valence-corrected chi connectivity index (χ0v) is 39.2. The highest BCUT2D eigenvalue weighted by Crippen LogP contribution is 2.34. The molecule has 0 aliphatic carbocycles. The second kappa shape index (κ2) is 23.3. The Hall–Kier alpha value is -7.84. The van der Waals surface area contributed by atoms with E-state index in [2.05, 4.69) is 56.6 Å². The van der Waals surface area contributed by atoms with Gasteiger partial charge in [0.05, 0.1) is 7.11 Å². The van der Waals surface area contributed by atoms with E-state index < -0.39 is 12.0 Å². The van der Waals surface area contributed by atoms with Gasteiger partial charge in [-0.1, -0.05) is 49.7 Å². The van der Waals surface area contributed by atoms with Crippen LogP contribution in [0.15, 0.2) is 79.1 Å². The number of piperidine rings is 1. The number of carboxylic acid groups (broad SMARTS) is 1. The Morgan fingerprint density at radius 1 is 0.841 bits per heavy atom. The first-order chi connectivity index (χ1) is 33.4. The lowest BCUT2D eigenvalue weighted by Crippen LogP contribution is -2.44. The number of hydrogen-bond acceptors (Lipinski definition) is 15. The summed E-state index contributed by atoms with van der Waals surface area (Å²) in [5.74, 6) is -0.0599. The normalized spacial score (nSPS) is 14.0. The Bertz CT molecular complexity index is 2810. The van der Waals surface area contributed by atoms with Crippen LogP contribution in [0.1, 0.15) is 94.5 Å². The number of carboxylic acids is 1.